The maximum absolute atomic E-state index is 14.4. The van der Waals surface area contributed by atoms with Crippen LogP contribution in [0.2, 0.25) is 0 Å². The third-order valence-corrected chi connectivity index (χ3v) is 7.01. The van der Waals surface area contributed by atoms with Gasteiger partial charge in [-0.2, -0.15) is 10.4 Å². The molecule has 1 atom stereocenters. The highest BCUT2D eigenvalue weighted by molar-refractivity contribution is 5.92. The molecule has 2 aliphatic heterocycles. The van der Waals surface area contributed by atoms with Crippen molar-refractivity contribution < 1.29 is 18.7 Å². The molecule has 2 aliphatic rings. The van der Waals surface area contributed by atoms with Gasteiger partial charge in [0.1, 0.15) is 28.9 Å². The van der Waals surface area contributed by atoms with Crippen LogP contribution in [0.5, 0.6) is 11.5 Å². The molecule has 3 heterocycles. The summed E-state index contributed by atoms with van der Waals surface area (Å²) in [6.07, 6.45) is 6.69. The summed E-state index contributed by atoms with van der Waals surface area (Å²) in [6.45, 7) is 3.87. The number of fused-ring (bicyclic) bond motifs is 1. The van der Waals surface area contributed by atoms with Crippen LogP contribution >= 0.6 is 0 Å². The number of hydrogen-bond acceptors (Lipinski definition) is 6. The van der Waals surface area contributed by atoms with E-state index in [-0.39, 0.29) is 17.4 Å². The van der Waals surface area contributed by atoms with Gasteiger partial charge in [-0.1, -0.05) is 6.07 Å². The Hall–Kier alpha value is -3.90. The van der Waals surface area contributed by atoms with Crippen molar-refractivity contribution >= 4 is 11.8 Å². The molecule has 1 aromatic heterocycles. The van der Waals surface area contributed by atoms with Crippen LogP contribution in [-0.2, 0) is 11.2 Å². The minimum Gasteiger partial charge on any atom is -0.455 e. The summed E-state index contributed by atoms with van der Waals surface area (Å²) in [4.78, 5) is 14.3. The van der Waals surface area contributed by atoms with Gasteiger partial charge in [-0.25, -0.2) is 9.18 Å². The molecule has 0 radical (unpaired) electrons. The molecular weight excluding hydrogens is 461 g/mol. The van der Waals surface area contributed by atoms with Crippen molar-refractivity contribution in [2.45, 2.75) is 44.7 Å². The third-order valence-electron chi connectivity index (χ3n) is 7.01. The molecule has 186 valence electrons. The van der Waals surface area contributed by atoms with Crippen molar-refractivity contribution in [3.8, 4) is 28.7 Å². The number of hydrogen-bond donors (Lipinski definition) is 1. The first kappa shape index (κ1) is 23.8. The quantitative estimate of drug-likeness (QED) is 0.543. The number of piperidine rings is 1. The number of aromatic nitrogens is 2. The number of anilines is 1. The topological polar surface area (TPSA) is 92.4 Å². The van der Waals surface area contributed by atoms with Gasteiger partial charge in [-0.15, -0.1) is 0 Å². The van der Waals surface area contributed by atoms with Crippen LogP contribution in [0.25, 0.3) is 11.1 Å². The SMILES string of the molecule is COC(=O)N1c2ccc(-c3cnn(C4CCNCC4)c3)c(Oc3cccc(F)c3C#N)c2CCC1C. The summed E-state index contributed by atoms with van der Waals surface area (Å²) in [7, 11) is 1.36. The van der Waals surface area contributed by atoms with Gasteiger partial charge in [0.05, 0.1) is 25.0 Å². The van der Waals surface area contributed by atoms with Crippen LogP contribution in [0.3, 0.4) is 0 Å². The minimum absolute atomic E-state index is 0.0600. The first-order chi connectivity index (χ1) is 17.5. The molecule has 36 heavy (non-hydrogen) atoms. The maximum Gasteiger partial charge on any atom is 0.414 e. The average Bonchev–Trinajstić information content (AvgIpc) is 3.39. The summed E-state index contributed by atoms with van der Waals surface area (Å²) in [5.74, 6) is -0.0358. The highest BCUT2D eigenvalue weighted by Crippen LogP contribution is 2.45. The number of ether oxygens (including phenoxy) is 2. The number of amides is 1. The van der Waals surface area contributed by atoms with E-state index in [0.29, 0.717) is 30.3 Å². The van der Waals surface area contributed by atoms with Crippen molar-refractivity contribution in [3.63, 3.8) is 0 Å². The Balaban J connectivity index is 1.64. The smallest absolute Gasteiger partial charge is 0.414 e. The van der Waals surface area contributed by atoms with Crippen molar-refractivity contribution in [2.75, 3.05) is 25.1 Å². The van der Waals surface area contributed by atoms with Crippen molar-refractivity contribution in [2.24, 2.45) is 0 Å². The Kier molecular flexibility index (Phi) is 6.61. The summed E-state index contributed by atoms with van der Waals surface area (Å²) in [5.41, 5.74) is 2.94. The lowest BCUT2D eigenvalue weighted by Gasteiger charge is -2.35. The summed E-state index contributed by atoms with van der Waals surface area (Å²) < 4.78 is 27.8. The van der Waals surface area contributed by atoms with Crippen LogP contribution in [0.15, 0.2) is 42.7 Å². The molecular formula is C27H28FN5O3. The Bertz CT molecular complexity index is 1330. The number of rotatable bonds is 4. The summed E-state index contributed by atoms with van der Waals surface area (Å²) >= 11 is 0. The lowest BCUT2D eigenvalue weighted by molar-refractivity contribution is 0.175. The molecule has 1 unspecified atom stereocenters. The van der Waals surface area contributed by atoms with Gasteiger partial charge in [-0.3, -0.25) is 9.58 Å². The molecule has 1 fully saturated rings. The van der Waals surface area contributed by atoms with Crippen LogP contribution in [0.1, 0.15) is 43.4 Å². The van der Waals surface area contributed by atoms with E-state index in [0.717, 1.165) is 42.6 Å². The van der Waals surface area contributed by atoms with E-state index in [2.05, 4.69) is 10.4 Å². The molecule has 9 heteroatoms. The Labute approximate surface area is 209 Å². The van der Waals surface area contributed by atoms with E-state index in [1.165, 1.54) is 19.2 Å². The maximum atomic E-state index is 14.4. The molecule has 1 N–H and O–H groups in total. The fourth-order valence-corrected chi connectivity index (χ4v) is 5.08. The molecule has 2 aromatic carbocycles. The zero-order valence-corrected chi connectivity index (χ0v) is 20.3. The van der Waals surface area contributed by atoms with Gasteiger partial charge in [0.25, 0.3) is 0 Å². The Morgan fingerprint density at radius 2 is 2.03 bits per heavy atom. The van der Waals surface area contributed by atoms with E-state index in [1.807, 2.05) is 36.0 Å². The zero-order valence-electron chi connectivity index (χ0n) is 20.3. The van der Waals surface area contributed by atoms with Gasteiger partial charge >= 0.3 is 6.09 Å². The number of methoxy groups -OCH3 is 1. The summed E-state index contributed by atoms with van der Waals surface area (Å²) in [6, 6.07) is 10.3. The normalized spacial score (nSPS) is 17.8. The molecule has 0 saturated carbocycles. The molecule has 0 aliphatic carbocycles. The second-order valence-electron chi connectivity index (χ2n) is 9.18. The number of halogens is 1. The molecule has 1 saturated heterocycles. The van der Waals surface area contributed by atoms with Crippen molar-refractivity contribution in [1.29, 1.82) is 5.26 Å². The summed E-state index contributed by atoms with van der Waals surface area (Å²) in [5, 5.41) is 17.6. The van der Waals surface area contributed by atoms with Gasteiger partial charge < -0.3 is 14.8 Å². The molecule has 0 bridgehead atoms. The Morgan fingerprint density at radius 1 is 1.22 bits per heavy atom. The number of nitrogens with zero attached hydrogens (tertiary/aromatic N) is 4. The lowest BCUT2D eigenvalue weighted by Crippen LogP contribution is -2.42. The first-order valence-corrected chi connectivity index (χ1v) is 12.2. The standard InChI is InChI=1S/C27H28FN5O3/c1-17-6-7-21-24(33(17)27(34)35-2)9-8-20(18-15-31-32(16-18)19-10-12-30-13-11-19)26(21)36-25-5-3-4-23(28)22(25)14-29/h3-5,8-9,15-17,19,30H,6-7,10-13H2,1-2H3. The van der Waals surface area contributed by atoms with E-state index in [4.69, 9.17) is 9.47 Å². The predicted octanol–water partition coefficient (Wildman–Crippen LogP) is 5.19. The second-order valence-corrected chi connectivity index (χ2v) is 9.18. The largest absolute Gasteiger partial charge is 0.455 e. The van der Waals surface area contributed by atoms with Gasteiger partial charge in [0.2, 0.25) is 0 Å². The second kappa shape index (κ2) is 9.99. The minimum atomic E-state index is -0.648. The zero-order chi connectivity index (χ0) is 25.2. The molecule has 5 rings (SSSR count). The van der Waals surface area contributed by atoms with Crippen LogP contribution in [0, 0.1) is 17.1 Å². The first-order valence-electron chi connectivity index (χ1n) is 12.2. The molecule has 1 amide bonds. The molecule has 0 spiro atoms. The van der Waals surface area contributed by atoms with Crippen LogP contribution in [-0.4, -0.2) is 42.1 Å². The number of carbonyl (C=O) groups is 1. The lowest BCUT2D eigenvalue weighted by atomic mass is 9.92. The monoisotopic (exact) mass is 489 g/mol. The van der Waals surface area contributed by atoms with E-state index < -0.39 is 11.9 Å². The number of nitriles is 1. The van der Waals surface area contributed by atoms with Crippen LogP contribution in [0.4, 0.5) is 14.9 Å². The van der Waals surface area contributed by atoms with Crippen LogP contribution < -0.4 is 15.0 Å². The number of benzene rings is 2. The van der Waals surface area contributed by atoms with E-state index >= 15 is 0 Å². The molecule has 8 nitrogen and oxygen atoms in total. The van der Waals surface area contributed by atoms with Gasteiger partial charge in [0, 0.05) is 28.9 Å². The average molecular weight is 490 g/mol. The van der Waals surface area contributed by atoms with Crippen molar-refractivity contribution in [3.05, 3.63) is 59.7 Å². The number of carbonyl (C=O) groups excluding carboxylic acids is 1. The fourth-order valence-electron chi connectivity index (χ4n) is 5.08. The Morgan fingerprint density at radius 3 is 2.78 bits per heavy atom. The third kappa shape index (κ3) is 4.29. The van der Waals surface area contributed by atoms with E-state index in [9.17, 15) is 14.4 Å². The van der Waals surface area contributed by atoms with Gasteiger partial charge in [0.15, 0.2) is 0 Å². The fraction of sp³-hybridized carbons (Fsp3) is 0.370. The number of nitrogens with one attached hydrogen (secondary N) is 1. The highest BCUT2D eigenvalue weighted by atomic mass is 19.1. The van der Waals surface area contributed by atoms with Gasteiger partial charge in [-0.05, 0) is 70.0 Å². The molecule has 3 aromatic rings. The van der Waals surface area contributed by atoms with E-state index in [1.54, 1.807) is 17.2 Å². The van der Waals surface area contributed by atoms with Crippen molar-refractivity contribution in [1.82, 2.24) is 15.1 Å². The highest BCUT2D eigenvalue weighted by Gasteiger charge is 2.33. The predicted molar refractivity (Wildman–Crippen MR) is 133 cm³/mol.